The van der Waals surface area contributed by atoms with Gasteiger partial charge in [0.15, 0.2) is 0 Å². The second-order valence-electron chi connectivity index (χ2n) is 4.74. The maximum Gasteiger partial charge on any atom is 0.129 e. The van der Waals surface area contributed by atoms with Gasteiger partial charge in [-0.1, -0.05) is 41.9 Å². The van der Waals surface area contributed by atoms with Crippen molar-refractivity contribution >= 4 is 17.3 Å². The topological polar surface area (TPSA) is 16.1 Å². The van der Waals surface area contributed by atoms with Crippen LogP contribution >= 0.6 is 11.6 Å². The standard InChI is InChI=1S/C16H16ClN2/c17-16-11-14(13-7-3-1-4-8-13)15(12-18-16)19-9-5-2-6-10-19/h1-4,7-8,11-12H,5-6,9-10H2. The molecule has 0 aliphatic carbocycles. The molecule has 1 aliphatic rings. The molecule has 1 radical (unpaired) electrons. The van der Waals surface area contributed by atoms with E-state index in [-0.39, 0.29) is 0 Å². The third-order valence-electron chi connectivity index (χ3n) is 3.48. The summed E-state index contributed by atoms with van der Waals surface area (Å²) in [5, 5.41) is 0.547. The van der Waals surface area contributed by atoms with Crippen molar-refractivity contribution in [2.24, 2.45) is 0 Å². The van der Waals surface area contributed by atoms with Crippen LogP contribution in [0.15, 0.2) is 42.6 Å². The molecule has 3 heteroatoms. The van der Waals surface area contributed by atoms with E-state index < -0.39 is 0 Å². The molecule has 1 saturated heterocycles. The molecule has 2 nitrogen and oxygen atoms in total. The van der Waals surface area contributed by atoms with E-state index in [1.807, 2.05) is 18.3 Å². The first kappa shape index (κ1) is 12.5. The zero-order chi connectivity index (χ0) is 13.1. The van der Waals surface area contributed by atoms with Crippen LogP contribution in [0.4, 0.5) is 5.69 Å². The zero-order valence-corrected chi connectivity index (χ0v) is 11.5. The van der Waals surface area contributed by atoms with Gasteiger partial charge in [0, 0.05) is 18.7 Å². The van der Waals surface area contributed by atoms with E-state index in [0.29, 0.717) is 5.15 Å². The molecule has 1 aromatic carbocycles. The average Bonchev–Trinajstić information content (AvgIpc) is 2.49. The molecule has 0 saturated carbocycles. The Morgan fingerprint density at radius 1 is 1.05 bits per heavy atom. The summed E-state index contributed by atoms with van der Waals surface area (Å²) >= 11 is 6.07. The van der Waals surface area contributed by atoms with Crippen molar-refractivity contribution in [3.63, 3.8) is 0 Å². The summed E-state index contributed by atoms with van der Waals surface area (Å²) < 4.78 is 0. The van der Waals surface area contributed by atoms with Gasteiger partial charge < -0.3 is 4.90 Å². The fraction of sp³-hybridized carbons (Fsp3) is 0.250. The van der Waals surface area contributed by atoms with E-state index in [4.69, 9.17) is 11.6 Å². The maximum absolute atomic E-state index is 6.07. The van der Waals surface area contributed by atoms with Gasteiger partial charge in [0.25, 0.3) is 0 Å². The lowest BCUT2D eigenvalue weighted by Gasteiger charge is -2.30. The molecule has 3 rings (SSSR count). The lowest BCUT2D eigenvalue weighted by molar-refractivity contribution is 0.678. The number of hydrogen-bond donors (Lipinski definition) is 0. The average molecular weight is 272 g/mol. The fourth-order valence-electron chi connectivity index (χ4n) is 2.51. The maximum atomic E-state index is 6.07. The second kappa shape index (κ2) is 5.62. The zero-order valence-electron chi connectivity index (χ0n) is 10.7. The highest BCUT2D eigenvalue weighted by molar-refractivity contribution is 6.29. The van der Waals surface area contributed by atoms with Gasteiger partial charge in [-0.15, -0.1) is 0 Å². The smallest absolute Gasteiger partial charge is 0.129 e. The van der Waals surface area contributed by atoms with Crippen molar-refractivity contribution in [1.29, 1.82) is 0 Å². The van der Waals surface area contributed by atoms with E-state index in [2.05, 4.69) is 40.6 Å². The molecular weight excluding hydrogens is 256 g/mol. The molecule has 0 spiro atoms. The number of rotatable bonds is 2. The number of benzene rings is 1. The van der Waals surface area contributed by atoms with Gasteiger partial charge in [-0.25, -0.2) is 4.98 Å². The molecule has 19 heavy (non-hydrogen) atoms. The second-order valence-corrected chi connectivity index (χ2v) is 5.13. The predicted octanol–water partition coefficient (Wildman–Crippen LogP) is 4.21. The Balaban J connectivity index is 2.04. The molecule has 97 valence electrons. The lowest BCUT2D eigenvalue weighted by Crippen LogP contribution is -2.30. The van der Waals surface area contributed by atoms with Crippen LogP contribution in [0.3, 0.4) is 0 Å². The Bertz CT molecular complexity index is 548. The largest absolute Gasteiger partial charge is 0.370 e. The van der Waals surface area contributed by atoms with Crippen molar-refractivity contribution in [3.05, 3.63) is 54.2 Å². The van der Waals surface area contributed by atoms with Crippen LogP contribution in [-0.2, 0) is 0 Å². The molecule has 2 aromatic rings. The number of halogens is 1. The third kappa shape index (κ3) is 2.74. The minimum Gasteiger partial charge on any atom is -0.370 e. The quantitative estimate of drug-likeness (QED) is 0.761. The highest BCUT2D eigenvalue weighted by Gasteiger charge is 2.16. The molecule has 1 fully saturated rings. The minimum absolute atomic E-state index is 0.547. The summed E-state index contributed by atoms with van der Waals surface area (Å²) in [6.07, 6.45) is 6.52. The number of pyridine rings is 1. The fourth-order valence-corrected chi connectivity index (χ4v) is 2.67. The summed E-state index contributed by atoms with van der Waals surface area (Å²) in [5.74, 6) is 0. The molecule has 1 aromatic heterocycles. The van der Waals surface area contributed by atoms with Crippen molar-refractivity contribution in [2.75, 3.05) is 18.0 Å². The molecule has 0 N–H and O–H groups in total. The molecule has 0 bridgehead atoms. The summed E-state index contributed by atoms with van der Waals surface area (Å²) in [4.78, 5) is 6.65. The number of anilines is 1. The van der Waals surface area contributed by atoms with E-state index >= 15 is 0 Å². The normalized spacial score (nSPS) is 15.5. The summed E-state index contributed by atoms with van der Waals surface area (Å²) in [5.41, 5.74) is 3.54. The van der Waals surface area contributed by atoms with Gasteiger partial charge in [-0.2, -0.15) is 0 Å². The first-order valence-corrected chi connectivity index (χ1v) is 7.00. The van der Waals surface area contributed by atoms with E-state index in [0.717, 1.165) is 25.9 Å². The van der Waals surface area contributed by atoms with E-state index in [9.17, 15) is 0 Å². The van der Waals surface area contributed by atoms with Crippen LogP contribution in [0.2, 0.25) is 5.15 Å². The van der Waals surface area contributed by atoms with Crippen molar-refractivity contribution < 1.29 is 0 Å². The monoisotopic (exact) mass is 271 g/mol. The summed E-state index contributed by atoms with van der Waals surface area (Å²) in [6.45, 7) is 2.12. The first-order chi connectivity index (χ1) is 9.34. The van der Waals surface area contributed by atoms with Crippen LogP contribution in [0.1, 0.15) is 12.8 Å². The van der Waals surface area contributed by atoms with Crippen molar-refractivity contribution in [2.45, 2.75) is 12.8 Å². The molecular formula is C16H16ClN2. The highest BCUT2D eigenvalue weighted by Crippen LogP contribution is 2.33. The number of aromatic nitrogens is 1. The van der Waals surface area contributed by atoms with Crippen molar-refractivity contribution in [1.82, 2.24) is 4.98 Å². The lowest BCUT2D eigenvalue weighted by atomic mass is 10.0. The van der Waals surface area contributed by atoms with Crippen LogP contribution in [0, 0.1) is 6.42 Å². The summed E-state index contributed by atoms with van der Waals surface area (Å²) in [7, 11) is 0. The van der Waals surface area contributed by atoms with Gasteiger partial charge in [0.2, 0.25) is 0 Å². The van der Waals surface area contributed by atoms with E-state index in [1.54, 1.807) is 0 Å². The van der Waals surface area contributed by atoms with Gasteiger partial charge >= 0.3 is 0 Å². The molecule has 0 atom stereocenters. The summed E-state index contributed by atoms with van der Waals surface area (Å²) in [6, 6.07) is 12.3. The number of hydrogen-bond acceptors (Lipinski definition) is 2. The molecule has 0 unspecified atom stereocenters. The highest BCUT2D eigenvalue weighted by atomic mass is 35.5. The number of nitrogens with zero attached hydrogens (tertiary/aromatic N) is 2. The molecule has 1 aliphatic heterocycles. The predicted molar refractivity (Wildman–Crippen MR) is 80.4 cm³/mol. The van der Waals surface area contributed by atoms with Gasteiger partial charge in [-0.05, 0) is 30.9 Å². The Hall–Kier alpha value is -1.54. The Kier molecular flexibility index (Phi) is 3.69. The van der Waals surface area contributed by atoms with Crippen LogP contribution in [-0.4, -0.2) is 18.1 Å². The van der Waals surface area contributed by atoms with Crippen molar-refractivity contribution in [3.8, 4) is 11.1 Å². The SMILES string of the molecule is Clc1cc(-c2ccccc2)c(N2CC[CH]CC2)cn1. The van der Waals surface area contributed by atoms with Gasteiger partial charge in [0.1, 0.15) is 5.15 Å². The molecule has 0 amide bonds. The first-order valence-electron chi connectivity index (χ1n) is 6.62. The van der Waals surface area contributed by atoms with Gasteiger partial charge in [0.05, 0.1) is 11.9 Å². The van der Waals surface area contributed by atoms with Gasteiger partial charge in [-0.3, -0.25) is 0 Å². The van der Waals surface area contributed by atoms with Crippen LogP contribution in [0.25, 0.3) is 11.1 Å². The Labute approximate surface area is 119 Å². The number of piperidine rings is 1. The Morgan fingerprint density at radius 2 is 1.79 bits per heavy atom. The van der Waals surface area contributed by atoms with Crippen LogP contribution in [0.5, 0.6) is 0 Å². The Morgan fingerprint density at radius 3 is 2.53 bits per heavy atom. The molecule has 2 heterocycles. The van der Waals surface area contributed by atoms with E-state index in [1.165, 1.54) is 16.8 Å². The minimum atomic E-state index is 0.547. The third-order valence-corrected chi connectivity index (χ3v) is 3.69. The van der Waals surface area contributed by atoms with Crippen LogP contribution < -0.4 is 4.90 Å².